The average molecular weight is 286 g/mol. The summed E-state index contributed by atoms with van der Waals surface area (Å²) in [6, 6.07) is 13.6. The molecule has 0 amide bonds. The number of benzene rings is 2. The zero-order chi connectivity index (χ0) is 9.10. The van der Waals surface area contributed by atoms with E-state index in [2.05, 4.69) is 0 Å². The van der Waals surface area contributed by atoms with Gasteiger partial charge in [0.1, 0.15) is 0 Å². The van der Waals surface area contributed by atoms with E-state index in [1.165, 1.54) is 0 Å². The van der Waals surface area contributed by atoms with Crippen molar-refractivity contribution in [3.05, 3.63) is 42.5 Å². The van der Waals surface area contributed by atoms with Crippen molar-refractivity contribution in [3.63, 3.8) is 0 Å². The van der Waals surface area contributed by atoms with Crippen LogP contribution in [0.4, 0.5) is 0 Å². The summed E-state index contributed by atoms with van der Waals surface area (Å²) in [6.45, 7) is 0. The van der Waals surface area contributed by atoms with Gasteiger partial charge in [-0.2, -0.15) is 0 Å². The fourth-order valence-corrected chi connectivity index (χ4v) is 1.87. The second-order valence-corrected chi connectivity index (χ2v) is 3.42. The molecule has 0 aliphatic rings. The topological polar surface area (TPSA) is 32.3 Å². The van der Waals surface area contributed by atoms with Crippen LogP contribution in [0.2, 0.25) is 0 Å². The van der Waals surface area contributed by atoms with E-state index in [-0.39, 0.29) is 0 Å². The molecule has 0 aromatic heterocycles. The van der Waals surface area contributed by atoms with Crippen molar-refractivity contribution in [1.82, 2.24) is 0 Å². The average Bonchev–Trinajstić information content (AvgIpc) is 2.19. The number of halogens is 1. The van der Waals surface area contributed by atoms with Gasteiger partial charge in [-0.05, 0) is 11.5 Å². The first kappa shape index (κ1) is 8.77. The summed E-state index contributed by atoms with van der Waals surface area (Å²) in [5.41, 5.74) is 0. The molecule has 0 saturated carbocycles. The fourth-order valence-electron chi connectivity index (χ4n) is 1.30. The Hall–Kier alpha value is -0.810. The maximum absolute atomic E-state index is 10.4. The monoisotopic (exact) mass is 286 g/mol. The Morgan fingerprint density at radius 3 is 2.62 bits per heavy atom. The molecule has 2 rings (SSSR count). The maximum atomic E-state index is 10.4. The molecule has 0 atom stereocenters. The molecule has 2 nitrogen and oxygen atoms in total. The van der Waals surface area contributed by atoms with E-state index in [0.717, 1.165) is 10.8 Å². The molecular weight excluding hydrogens is 279 g/mol. The summed E-state index contributed by atoms with van der Waals surface area (Å²) in [5, 5.41) is 2.12. The van der Waals surface area contributed by atoms with E-state index in [9.17, 15) is 3.44 Å². The van der Waals surface area contributed by atoms with Crippen LogP contribution in [0.1, 0.15) is 0 Å². The van der Waals surface area contributed by atoms with Crippen LogP contribution < -0.4 is 28.5 Å². The Bertz CT molecular complexity index is 409. The van der Waals surface area contributed by atoms with Crippen molar-refractivity contribution >= 4 is 10.8 Å². The predicted molar refractivity (Wildman–Crippen MR) is 44.6 cm³/mol. The molecule has 66 valence electrons. The zero-order valence-electron chi connectivity index (χ0n) is 6.74. The van der Waals surface area contributed by atoms with E-state index < -0.39 is 22.0 Å². The van der Waals surface area contributed by atoms with E-state index in [4.69, 9.17) is 3.07 Å². The van der Waals surface area contributed by atoms with Crippen molar-refractivity contribution in [2.75, 3.05) is 0 Å². The Kier molecular flexibility index (Phi) is 2.65. The van der Waals surface area contributed by atoms with E-state index in [1.54, 1.807) is 0 Å². The molecule has 0 radical (unpaired) electrons. The van der Waals surface area contributed by atoms with Crippen LogP contribution in [0.5, 0.6) is 5.75 Å². The molecule has 3 heteroatoms. The van der Waals surface area contributed by atoms with Crippen LogP contribution in [0.15, 0.2) is 42.5 Å². The number of fused-ring (bicyclic) bond motifs is 1. The van der Waals surface area contributed by atoms with E-state index >= 15 is 0 Å². The highest BCUT2D eigenvalue weighted by molar-refractivity contribution is 5.88. The smallest absolute Gasteiger partial charge is 0.514 e. The third-order valence-electron chi connectivity index (χ3n) is 1.86. The van der Waals surface area contributed by atoms with Gasteiger partial charge in [0.05, 0.1) is 0 Å². The molecule has 2 aromatic rings. The first-order valence-electron chi connectivity index (χ1n) is 3.83. The Balaban J connectivity index is 2.61. The van der Waals surface area contributed by atoms with Gasteiger partial charge in [-0.3, -0.25) is 3.07 Å². The van der Waals surface area contributed by atoms with E-state index in [0.29, 0.717) is 5.75 Å². The van der Waals surface area contributed by atoms with Gasteiger partial charge in [0, 0.05) is 5.39 Å². The molecule has 0 aliphatic heterocycles. The highest BCUT2D eigenvalue weighted by atomic mass is 127. The lowest BCUT2D eigenvalue weighted by Crippen LogP contribution is -3.72. The molecule has 0 fully saturated rings. The first-order chi connectivity index (χ1) is 6.42. The highest BCUT2D eigenvalue weighted by Crippen LogP contribution is 2.23. The van der Waals surface area contributed by atoms with Gasteiger partial charge in [-0.1, -0.05) is 36.4 Å². The minimum atomic E-state index is -1.40. The quantitative estimate of drug-likeness (QED) is 0.629. The number of hydrogen-bond donors (Lipinski definition) is 0. The highest BCUT2D eigenvalue weighted by Gasteiger charge is 2.04. The molecule has 0 spiro atoms. The summed E-state index contributed by atoms with van der Waals surface area (Å²) in [7, 11) is 0. The zero-order valence-corrected chi connectivity index (χ0v) is 8.89. The maximum Gasteiger partial charge on any atom is 0.514 e. The lowest BCUT2D eigenvalue weighted by molar-refractivity contribution is -1.25. The minimum Gasteiger partial charge on any atom is -0.558 e. The lowest BCUT2D eigenvalue weighted by Gasteiger charge is -1.99. The SMILES string of the molecule is [O-][I+]Oc1cccc2ccccc12. The van der Waals surface area contributed by atoms with Gasteiger partial charge in [0.15, 0.2) is 5.75 Å². The normalized spacial score (nSPS) is 10.2. The minimum absolute atomic E-state index is 0.709. The van der Waals surface area contributed by atoms with Crippen LogP contribution in [-0.4, -0.2) is 0 Å². The van der Waals surface area contributed by atoms with Crippen molar-refractivity contribution in [1.29, 1.82) is 0 Å². The molecule has 2 aromatic carbocycles. The van der Waals surface area contributed by atoms with Crippen LogP contribution in [0.3, 0.4) is 0 Å². The summed E-state index contributed by atoms with van der Waals surface area (Å²) in [4.78, 5) is 0. The third-order valence-corrected chi connectivity index (χ3v) is 2.52. The summed E-state index contributed by atoms with van der Waals surface area (Å²) in [6.07, 6.45) is 0. The van der Waals surface area contributed by atoms with Gasteiger partial charge < -0.3 is 3.44 Å². The number of rotatable bonds is 2. The predicted octanol–water partition coefficient (Wildman–Crippen LogP) is -1.50. The third kappa shape index (κ3) is 1.76. The molecule has 0 unspecified atom stereocenters. The van der Waals surface area contributed by atoms with Gasteiger partial charge >= 0.3 is 22.0 Å². The van der Waals surface area contributed by atoms with Crippen LogP contribution >= 0.6 is 0 Å². The molecular formula is C10H7IO2. The summed E-state index contributed by atoms with van der Waals surface area (Å²) < 4.78 is 15.5. The number of hydrogen-bond acceptors (Lipinski definition) is 2. The molecule has 13 heavy (non-hydrogen) atoms. The Morgan fingerprint density at radius 1 is 1.00 bits per heavy atom. The molecule has 0 aliphatic carbocycles. The first-order valence-corrected chi connectivity index (χ1v) is 5.60. The Morgan fingerprint density at radius 2 is 1.77 bits per heavy atom. The second kappa shape index (κ2) is 3.93. The molecule has 0 bridgehead atoms. The van der Waals surface area contributed by atoms with Crippen LogP contribution in [0.25, 0.3) is 10.8 Å². The van der Waals surface area contributed by atoms with Crippen molar-refractivity contribution in [2.24, 2.45) is 0 Å². The standard InChI is InChI=1S/C10H7IO2/c12-11-13-10-7-3-5-8-4-1-2-6-9(8)10/h1-7H. The lowest BCUT2D eigenvalue weighted by atomic mass is 10.1. The molecule has 0 N–H and O–H groups in total. The van der Waals surface area contributed by atoms with Gasteiger partial charge in [-0.25, -0.2) is 0 Å². The van der Waals surface area contributed by atoms with Gasteiger partial charge in [0.2, 0.25) is 0 Å². The van der Waals surface area contributed by atoms with Crippen LogP contribution in [-0.2, 0) is 0 Å². The van der Waals surface area contributed by atoms with E-state index in [1.807, 2.05) is 42.5 Å². The molecule has 0 saturated heterocycles. The summed E-state index contributed by atoms with van der Waals surface area (Å²) in [5.74, 6) is 0.709. The summed E-state index contributed by atoms with van der Waals surface area (Å²) >= 11 is -1.40. The fraction of sp³-hybridized carbons (Fsp3) is 0. The van der Waals surface area contributed by atoms with Gasteiger partial charge in [0.25, 0.3) is 0 Å². The van der Waals surface area contributed by atoms with Crippen LogP contribution in [0, 0.1) is 0 Å². The van der Waals surface area contributed by atoms with Gasteiger partial charge in [-0.15, -0.1) is 0 Å². The largest absolute Gasteiger partial charge is 0.558 e. The Labute approximate surface area is 87.5 Å². The van der Waals surface area contributed by atoms with Crippen molar-refractivity contribution in [3.8, 4) is 5.75 Å². The molecule has 0 heterocycles. The van der Waals surface area contributed by atoms with Crippen molar-refractivity contribution in [2.45, 2.75) is 0 Å². The second-order valence-electron chi connectivity index (χ2n) is 2.62. The van der Waals surface area contributed by atoms with Crippen molar-refractivity contribution < 1.29 is 28.5 Å².